The van der Waals surface area contributed by atoms with E-state index in [1.165, 1.54) is 12.1 Å². The van der Waals surface area contributed by atoms with Crippen LogP contribution in [0.4, 0.5) is 4.39 Å². The molecule has 1 aliphatic rings. The van der Waals surface area contributed by atoms with Crippen molar-refractivity contribution < 1.29 is 18.5 Å². The molecular weight excluding hydrogens is 399 g/mol. The summed E-state index contributed by atoms with van der Waals surface area (Å²) >= 11 is 0. The first-order chi connectivity index (χ1) is 15.0. The van der Waals surface area contributed by atoms with E-state index in [1.807, 2.05) is 19.1 Å². The first-order valence-electron chi connectivity index (χ1n) is 10.2. The highest BCUT2D eigenvalue weighted by atomic mass is 19.1. The maximum Gasteiger partial charge on any atom is 0.251 e. The first-order valence-corrected chi connectivity index (χ1v) is 10.2. The Morgan fingerprint density at radius 1 is 1.10 bits per heavy atom. The van der Waals surface area contributed by atoms with Gasteiger partial charge in [0.15, 0.2) is 0 Å². The fraction of sp³-hybridized carbons (Fsp3) is 0.304. The molecule has 8 heteroatoms. The number of nitrogens with one attached hydrogen (secondary N) is 1. The van der Waals surface area contributed by atoms with Crippen LogP contribution in [0.15, 0.2) is 53.1 Å². The molecule has 3 aromatic rings. The number of benzene rings is 2. The van der Waals surface area contributed by atoms with Gasteiger partial charge in [0.25, 0.3) is 5.91 Å². The second-order valence-corrected chi connectivity index (χ2v) is 7.67. The van der Waals surface area contributed by atoms with Gasteiger partial charge in [-0.25, -0.2) is 4.39 Å². The normalized spacial score (nSPS) is 14.5. The topological polar surface area (TPSA) is 88.3 Å². The minimum atomic E-state index is -0.320. The van der Waals surface area contributed by atoms with Crippen LogP contribution in [0, 0.1) is 12.7 Å². The maximum absolute atomic E-state index is 13.1. The number of amides is 2. The van der Waals surface area contributed by atoms with Crippen LogP contribution in [0.2, 0.25) is 0 Å². The van der Waals surface area contributed by atoms with Crippen molar-refractivity contribution in [1.29, 1.82) is 0 Å². The van der Waals surface area contributed by atoms with Crippen molar-refractivity contribution in [1.82, 2.24) is 20.4 Å². The van der Waals surface area contributed by atoms with Gasteiger partial charge in [0.05, 0.1) is 6.54 Å². The van der Waals surface area contributed by atoms with E-state index in [-0.39, 0.29) is 30.1 Å². The number of rotatable bonds is 5. The second kappa shape index (κ2) is 9.07. The fourth-order valence-corrected chi connectivity index (χ4v) is 3.57. The zero-order chi connectivity index (χ0) is 21.8. The lowest BCUT2D eigenvalue weighted by atomic mass is 9.96. The van der Waals surface area contributed by atoms with E-state index in [1.54, 1.807) is 29.2 Å². The van der Waals surface area contributed by atoms with Gasteiger partial charge >= 0.3 is 0 Å². The third kappa shape index (κ3) is 4.96. The van der Waals surface area contributed by atoms with E-state index in [9.17, 15) is 14.0 Å². The Hall–Kier alpha value is -3.55. The molecule has 0 unspecified atom stereocenters. The third-order valence-electron chi connectivity index (χ3n) is 5.45. The van der Waals surface area contributed by atoms with Gasteiger partial charge < -0.3 is 14.7 Å². The van der Waals surface area contributed by atoms with Crippen molar-refractivity contribution in [2.75, 3.05) is 19.6 Å². The summed E-state index contributed by atoms with van der Waals surface area (Å²) in [4.78, 5) is 30.8. The molecule has 0 bridgehead atoms. The summed E-state index contributed by atoms with van der Waals surface area (Å²) in [6.45, 7) is 3.02. The Kier molecular flexibility index (Phi) is 6.06. The average molecular weight is 422 g/mol. The summed E-state index contributed by atoms with van der Waals surface area (Å²) in [5.74, 6) is 0.317. The number of hydrogen-bond acceptors (Lipinski definition) is 5. The van der Waals surface area contributed by atoms with Crippen LogP contribution < -0.4 is 5.32 Å². The van der Waals surface area contributed by atoms with Gasteiger partial charge in [-0.1, -0.05) is 22.9 Å². The monoisotopic (exact) mass is 422 g/mol. The summed E-state index contributed by atoms with van der Waals surface area (Å²) < 4.78 is 18.5. The molecule has 160 valence electrons. The van der Waals surface area contributed by atoms with Crippen LogP contribution in [0.5, 0.6) is 0 Å². The molecule has 0 radical (unpaired) electrons. The first kappa shape index (κ1) is 20.7. The molecular formula is C23H23FN4O3. The van der Waals surface area contributed by atoms with Gasteiger partial charge in [0, 0.05) is 30.1 Å². The number of hydrogen-bond donors (Lipinski definition) is 1. The summed E-state index contributed by atoms with van der Waals surface area (Å²) in [5.41, 5.74) is 2.29. The molecule has 2 amide bonds. The van der Waals surface area contributed by atoms with Crippen molar-refractivity contribution in [2.24, 2.45) is 0 Å². The van der Waals surface area contributed by atoms with Gasteiger partial charge in [-0.2, -0.15) is 4.98 Å². The number of carbonyl (C=O) groups excluding carboxylic acids is 2. The highest BCUT2D eigenvalue weighted by Gasteiger charge is 2.27. The molecule has 1 aromatic heterocycles. The zero-order valence-corrected chi connectivity index (χ0v) is 17.2. The van der Waals surface area contributed by atoms with Crippen molar-refractivity contribution in [3.63, 3.8) is 0 Å². The Morgan fingerprint density at radius 2 is 1.77 bits per heavy atom. The highest BCUT2D eigenvalue weighted by Crippen LogP contribution is 2.28. The molecule has 1 aliphatic heterocycles. The molecule has 0 aliphatic carbocycles. The number of halogens is 1. The van der Waals surface area contributed by atoms with Crippen LogP contribution in [-0.2, 0) is 4.79 Å². The number of nitrogens with zero attached hydrogens (tertiary/aromatic N) is 3. The van der Waals surface area contributed by atoms with E-state index in [2.05, 4.69) is 15.5 Å². The van der Waals surface area contributed by atoms with Gasteiger partial charge in [-0.15, -0.1) is 0 Å². The van der Waals surface area contributed by atoms with E-state index < -0.39 is 0 Å². The molecule has 7 nitrogen and oxygen atoms in total. The number of carbonyl (C=O) groups is 2. The minimum Gasteiger partial charge on any atom is -0.343 e. The molecule has 1 N–H and O–H groups in total. The number of likely N-dealkylation sites (tertiary alicyclic amines) is 1. The van der Waals surface area contributed by atoms with Crippen LogP contribution in [0.25, 0.3) is 11.4 Å². The van der Waals surface area contributed by atoms with Gasteiger partial charge in [0.1, 0.15) is 5.82 Å². The lowest BCUT2D eigenvalue weighted by molar-refractivity contribution is -0.131. The van der Waals surface area contributed by atoms with Crippen LogP contribution >= 0.6 is 0 Å². The SMILES string of the molecule is Cc1ccc(C(=O)NCC(=O)N2CCC(c3nc(-c4ccc(F)cc4)no3)CC2)cc1. The molecule has 2 aromatic carbocycles. The zero-order valence-electron chi connectivity index (χ0n) is 17.2. The van der Waals surface area contributed by atoms with Gasteiger partial charge in [-0.05, 0) is 56.2 Å². The van der Waals surface area contributed by atoms with E-state index >= 15 is 0 Å². The van der Waals surface area contributed by atoms with E-state index in [0.29, 0.717) is 48.8 Å². The second-order valence-electron chi connectivity index (χ2n) is 7.67. The number of piperidine rings is 1. The van der Waals surface area contributed by atoms with E-state index in [4.69, 9.17) is 4.52 Å². The van der Waals surface area contributed by atoms with Crippen molar-refractivity contribution in [3.8, 4) is 11.4 Å². The molecule has 0 atom stereocenters. The Morgan fingerprint density at radius 3 is 2.45 bits per heavy atom. The fourth-order valence-electron chi connectivity index (χ4n) is 3.57. The van der Waals surface area contributed by atoms with E-state index in [0.717, 1.165) is 5.56 Å². The van der Waals surface area contributed by atoms with Crippen molar-refractivity contribution >= 4 is 11.8 Å². The lowest BCUT2D eigenvalue weighted by Gasteiger charge is -2.30. The van der Waals surface area contributed by atoms with Gasteiger partial charge in [0.2, 0.25) is 17.6 Å². The Balaban J connectivity index is 1.27. The number of aryl methyl sites for hydroxylation is 1. The maximum atomic E-state index is 13.1. The molecule has 2 heterocycles. The minimum absolute atomic E-state index is 0.0351. The standard InChI is InChI=1S/C23H23FN4O3/c1-15-2-4-17(5-3-15)22(30)25-14-20(29)28-12-10-18(11-13-28)23-26-21(27-31-23)16-6-8-19(24)9-7-16/h2-9,18H,10-14H2,1H3,(H,25,30). The lowest BCUT2D eigenvalue weighted by Crippen LogP contribution is -2.43. The largest absolute Gasteiger partial charge is 0.343 e. The van der Waals surface area contributed by atoms with Crippen LogP contribution in [-0.4, -0.2) is 46.5 Å². The summed E-state index contributed by atoms with van der Waals surface area (Å²) in [6, 6.07) is 13.1. The molecule has 0 spiro atoms. The smallest absolute Gasteiger partial charge is 0.251 e. The quantitative estimate of drug-likeness (QED) is 0.682. The molecule has 4 rings (SSSR count). The molecule has 0 saturated carbocycles. The highest BCUT2D eigenvalue weighted by molar-refractivity contribution is 5.96. The van der Waals surface area contributed by atoms with Crippen molar-refractivity contribution in [3.05, 3.63) is 71.4 Å². The third-order valence-corrected chi connectivity index (χ3v) is 5.45. The number of aromatic nitrogens is 2. The molecule has 31 heavy (non-hydrogen) atoms. The molecule has 1 fully saturated rings. The van der Waals surface area contributed by atoms with Crippen LogP contribution in [0.1, 0.15) is 40.6 Å². The van der Waals surface area contributed by atoms with Gasteiger partial charge in [-0.3, -0.25) is 9.59 Å². The van der Waals surface area contributed by atoms with Crippen molar-refractivity contribution in [2.45, 2.75) is 25.7 Å². The molecule has 1 saturated heterocycles. The summed E-state index contributed by atoms with van der Waals surface area (Å²) in [7, 11) is 0. The van der Waals surface area contributed by atoms with Crippen LogP contribution in [0.3, 0.4) is 0 Å². The average Bonchev–Trinajstić information content (AvgIpc) is 3.28. The Bertz CT molecular complexity index is 1060. The predicted molar refractivity (Wildman–Crippen MR) is 112 cm³/mol. The summed E-state index contributed by atoms with van der Waals surface area (Å²) in [6.07, 6.45) is 1.39. The summed E-state index contributed by atoms with van der Waals surface area (Å²) in [5, 5.41) is 6.68. The predicted octanol–water partition coefficient (Wildman–Crippen LogP) is 3.32. The Labute approximate surface area is 179 Å².